The van der Waals surface area contributed by atoms with E-state index in [4.69, 9.17) is 5.11 Å². The Hall–Kier alpha value is -0.710. The summed E-state index contributed by atoms with van der Waals surface area (Å²) < 4.78 is 0.0704. The van der Waals surface area contributed by atoms with Crippen LogP contribution in [0, 0.1) is 5.41 Å². The van der Waals surface area contributed by atoms with Gasteiger partial charge in [0.1, 0.15) is 0 Å². The molecule has 1 aliphatic carbocycles. The fourth-order valence-electron chi connectivity index (χ4n) is 2.66. The van der Waals surface area contributed by atoms with Crippen molar-refractivity contribution in [2.45, 2.75) is 64.0 Å². The summed E-state index contributed by atoms with van der Waals surface area (Å²) in [6.07, 6.45) is 5.30. The monoisotopic (exact) mass is 301 g/mol. The molecule has 1 fully saturated rings. The molecule has 0 bridgehead atoms. The molecular formula is C15H27NO3S. The number of carboxylic acids is 1. The van der Waals surface area contributed by atoms with Gasteiger partial charge in [-0.2, -0.15) is 0 Å². The average molecular weight is 301 g/mol. The van der Waals surface area contributed by atoms with Crippen molar-refractivity contribution in [3.63, 3.8) is 0 Å². The molecule has 0 aromatic rings. The van der Waals surface area contributed by atoms with Gasteiger partial charge < -0.3 is 10.4 Å². The Morgan fingerprint density at radius 1 is 1.20 bits per heavy atom. The number of amides is 1. The number of thioether (sulfide) groups is 1. The Morgan fingerprint density at radius 3 is 2.30 bits per heavy atom. The van der Waals surface area contributed by atoms with Crippen LogP contribution < -0.4 is 5.32 Å². The minimum atomic E-state index is -0.759. The van der Waals surface area contributed by atoms with Crippen molar-refractivity contribution >= 4 is 23.6 Å². The third-order valence-electron chi connectivity index (χ3n) is 3.74. The van der Waals surface area contributed by atoms with E-state index in [0.29, 0.717) is 12.3 Å². The predicted molar refractivity (Wildman–Crippen MR) is 83.0 cm³/mol. The molecule has 4 nitrogen and oxygen atoms in total. The van der Waals surface area contributed by atoms with E-state index in [1.807, 2.05) is 0 Å². The number of aliphatic carboxylic acids is 1. The van der Waals surface area contributed by atoms with Crippen LogP contribution in [-0.4, -0.2) is 34.0 Å². The first-order valence-electron chi connectivity index (χ1n) is 7.35. The summed E-state index contributed by atoms with van der Waals surface area (Å²) >= 11 is 1.61. The highest BCUT2D eigenvalue weighted by atomic mass is 32.2. The van der Waals surface area contributed by atoms with Gasteiger partial charge in [0.15, 0.2) is 0 Å². The molecule has 0 aliphatic heterocycles. The molecule has 0 atom stereocenters. The molecule has 0 radical (unpaired) electrons. The number of hydrogen-bond acceptors (Lipinski definition) is 3. The van der Waals surface area contributed by atoms with Gasteiger partial charge in [0, 0.05) is 11.3 Å². The third-order valence-corrected chi connectivity index (χ3v) is 5.01. The summed E-state index contributed by atoms with van der Waals surface area (Å²) in [5.74, 6) is -0.308. The van der Waals surface area contributed by atoms with Crippen LogP contribution >= 0.6 is 11.8 Å². The van der Waals surface area contributed by atoms with Crippen molar-refractivity contribution in [1.29, 1.82) is 0 Å². The van der Waals surface area contributed by atoms with E-state index in [1.54, 1.807) is 11.8 Å². The Bertz CT molecular complexity index is 344. The highest BCUT2D eigenvalue weighted by Gasteiger charge is 2.34. The summed E-state index contributed by atoms with van der Waals surface area (Å²) in [6.45, 7) is 6.75. The second-order valence-corrected chi connectivity index (χ2v) is 8.61. The van der Waals surface area contributed by atoms with Crippen LogP contribution in [0.4, 0.5) is 0 Å². The smallest absolute Gasteiger partial charge is 0.303 e. The van der Waals surface area contributed by atoms with Crippen LogP contribution in [0.25, 0.3) is 0 Å². The molecule has 0 saturated heterocycles. The van der Waals surface area contributed by atoms with Gasteiger partial charge in [-0.3, -0.25) is 9.59 Å². The molecule has 0 aromatic carbocycles. The van der Waals surface area contributed by atoms with Gasteiger partial charge in [-0.1, -0.05) is 40.0 Å². The first-order chi connectivity index (χ1) is 9.22. The van der Waals surface area contributed by atoms with Crippen LogP contribution in [0.15, 0.2) is 0 Å². The summed E-state index contributed by atoms with van der Waals surface area (Å²) in [6, 6.07) is 0. The highest BCUT2D eigenvalue weighted by Crippen LogP contribution is 2.38. The Labute approximate surface area is 126 Å². The van der Waals surface area contributed by atoms with Crippen LogP contribution in [0.1, 0.15) is 59.3 Å². The van der Waals surface area contributed by atoms with Crippen LogP contribution in [0.5, 0.6) is 0 Å². The lowest BCUT2D eigenvalue weighted by Crippen LogP contribution is -2.41. The van der Waals surface area contributed by atoms with Crippen molar-refractivity contribution in [3.05, 3.63) is 0 Å². The lowest BCUT2D eigenvalue weighted by Gasteiger charge is -2.36. The number of nitrogens with one attached hydrogen (secondary N) is 1. The van der Waals surface area contributed by atoms with Crippen LogP contribution in [0.2, 0.25) is 0 Å². The van der Waals surface area contributed by atoms with Gasteiger partial charge in [-0.05, 0) is 18.3 Å². The number of carbonyl (C=O) groups is 2. The first kappa shape index (κ1) is 17.3. The molecule has 116 valence electrons. The Balaban J connectivity index is 2.45. The summed E-state index contributed by atoms with van der Waals surface area (Å²) in [4.78, 5) is 22.9. The van der Waals surface area contributed by atoms with E-state index >= 15 is 0 Å². The highest BCUT2D eigenvalue weighted by molar-refractivity contribution is 8.01. The predicted octanol–water partition coefficient (Wildman–Crippen LogP) is 3.06. The molecule has 1 amide bonds. The second-order valence-electron chi connectivity index (χ2n) is 6.81. The van der Waals surface area contributed by atoms with Crippen molar-refractivity contribution in [2.75, 3.05) is 12.3 Å². The molecule has 0 aromatic heterocycles. The van der Waals surface area contributed by atoms with E-state index in [1.165, 1.54) is 6.42 Å². The SMILES string of the molecule is CC(C)(C)SCC(=O)NCC1(CC(=O)O)CCCCC1. The minimum Gasteiger partial charge on any atom is -0.481 e. The molecule has 0 heterocycles. The average Bonchev–Trinajstić information content (AvgIpc) is 2.33. The van der Waals surface area contributed by atoms with Crippen molar-refractivity contribution in [1.82, 2.24) is 5.32 Å². The van der Waals surface area contributed by atoms with Crippen molar-refractivity contribution in [3.8, 4) is 0 Å². The number of carboxylic acid groups (broad SMARTS) is 1. The third kappa shape index (κ3) is 6.64. The Kier molecular flexibility index (Phi) is 6.37. The van der Waals surface area contributed by atoms with Gasteiger partial charge in [0.25, 0.3) is 0 Å². The van der Waals surface area contributed by atoms with Crippen LogP contribution in [0.3, 0.4) is 0 Å². The maximum Gasteiger partial charge on any atom is 0.303 e. The molecule has 0 spiro atoms. The fraction of sp³-hybridized carbons (Fsp3) is 0.867. The van der Waals surface area contributed by atoms with Crippen molar-refractivity contribution in [2.24, 2.45) is 5.41 Å². The largest absolute Gasteiger partial charge is 0.481 e. The number of carbonyl (C=O) groups excluding carboxylic acids is 1. The molecule has 5 heteroatoms. The molecule has 20 heavy (non-hydrogen) atoms. The van der Waals surface area contributed by atoms with E-state index in [9.17, 15) is 9.59 Å². The van der Waals surface area contributed by atoms with Gasteiger partial charge in [-0.25, -0.2) is 0 Å². The van der Waals surface area contributed by atoms with E-state index in [-0.39, 0.29) is 22.5 Å². The zero-order valence-corrected chi connectivity index (χ0v) is 13.6. The maximum atomic E-state index is 11.9. The van der Waals surface area contributed by atoms with Gasteiger partial charge in [-0.15, -0.1) is 11.8 Å². The molecule has 0 unspecified atom stereocenters. The quantitative estimate of drug-likeness (QED) is 0.791. The molecule has 1 saturated carbocycles. The second kappa shape index (κ2) is 7.34. The van der Waals surface area contributed by atoms with E-state index in [0.717, 1.165) is 25.7 Å². The zero-order valence-electron chi connectivity index (χ0n) is 12.8. The minimum absolute atomic E-state index is 0.0141. The van der Waals surface area contributed by atoms with Gasteiger partial charge in [0.2, 0.25) is 5.91 Å². The normalized spacial score (nSPS) is 18.6. The topological polar surface area (TPSA) is 66.4 Å². The molecule has 2 N–H and O–H groups in total. The number of rotatable bonds is 6. The Morgan fingerprint density at radius 2 is 1.80 bits per heavy atom. The lowest BCUT2D eigenvalue weighted by molar-refractivity contribution is -0.140. The van der Waals surface area contributed by atoms with Gasteiger partial charge in [0.05, 0.1) is 12.2 Å². The zero-order chi connectivity index (χ0) is 15.2. The molecule has 1 rings (SSSR count). The van der Waals surface area contributed by atoms with Crippen LogP contribution in [-0.2, 0) is 9.59 Å². The number of hydrogen-bond donors (Lipinski definition) is 2. The summed E-state index contributed by atoms with van der Waals surface area (Å²) in [7, 11) is 0. The first-order valence-corrected chi connectivity index (χ1v) is 8.34. The molecular weight excluding hydrogens is 274 g/mol. The van der Waals surface area contributed by atoms with Gasteiger partial charge >= 0.3 is 5.97 Å². The van der Waals surface area contributed by atoms with Crippen molar-refractivity contribution < 1.29 is 14.7 Å². The fourth-order valence-corrected chi connectivity index (χ4v) is 3.32. The maximum absolute atomic E-state index is 11.9. The summed E-state index contributed by atoms with van der Waals surface area (Å²) in [5.41, 5.74) is -0.230. The standard InChI is InChI=1S/C15H27NO3S/c1-14(2,3)20-10-12(17)16-11-15(9-13(18)19)7-5-4-6-8-15/h4-11H2,1-3H3,(H,16,17)(H,18,19). The summed E-state index contributed by atoms with van der Waals surface area (Å²) in [5, 5.41) is 12.0. The van der Waals surface area contributed by atoms with E-state index in [2.05, 4.69) is 26.1 Å². The lowest BCUT2D eigenvalue weighted by atomic mass is 9.71. The van der Waals surface area contributed by atoms with E-state index < -0.39 is 5.97 Å². The molecule has 1 aliphatic rings.